The maximum Gasteiger partial charge on any atom is 0.0168 e. The van der Waals surface area contributed by atoms with Gasteiger partial charge in [0.1, 0.15) is 0 Å². The average Bonchev–Trinajstić information content (AvgIpc) is 2.63. The van der Waals surface area contributed by atoms with Gasteiger partial charge >= 0.3 is 0 Å². The topological polar surface area (TPSA) is 12.0 Å². The van der Waals surface area contributed by atoms with Gasteiger partial charge in [-0.15, -0.1) is 0 Å². The molecule has 2 saturated heterocycles. The summed E-state index contributed by atoms with van der Waals surface area (Å²) < 4.78 is 0. The molecule has 0 aromatic carbocycles. The maximum absolute atomic E-state index is 3.75. The molecule has 0 radical (unpaired) electrons. The molecule has 0 amide bonds. The third-order valence-corrected chi connectivity index (χ3v) is 5.64. The van der Waals surface area contributed by atoms with Gasteiger partial charge in [-0.05, 0) is 43.2 Å². The lowest BCUT2D eigenvalue weighted by Gasteiger charge is -2.23. The van der Waals surface area contributed by atoms with Crippen molar-refractivity contribution in [1.82, 2.24) is 5.32 Å². The second-order valence-electron chi connectivity index (χ2n) is 4.54. The quantitative estimate of drug-likeness (QED) is 0.802. The maximum atomic E-state index is 3.75. The van der Waals surface area contributed by atoms with Crippen molar-refractivity contribution in [1.29, 1.82) is 0 Å². The zero-order chi connectivity index (χ0) is 9.80. The van der Waals surface area contributed by atoms with E-state index in [0.29, 0.717) is 0 Å². The molecule has 0 saturated carbocycles. The summed E-state index contributed by atoms with van der Waals surface area (Å²) >= 11 is 4.25. The molecule has 2 aliphatic heterocycles. The van der Waals surface area contributed by atoms with E-state index in [1.807, 2.05) is 0 Å². The summed E-state index contributed by atoms with van der Waals surface area (Å²) in [6.07, 6.45) is 4.26. The van der Waals surface area contributed by atoms with Crippen molar-refractivity contribution < 1.29 is 0 Å². The molecule has 1 nitrogen and oxygen atoms in total. The fraction of sp³-hybridized carbons (Fsp3) is 1.00. The van der Waals surface area contributed by atoms with Crippen LogP contribution in [0.15, 0.2) is 0 Å². The molecule has 2 rings (SSSR count). The van der Waals surface area contributed by atoms with Gasteiger partial charge in [0.25, 0.3) is 0 Å². The van der Waals surface area contributed by atoms with Crippen LogP contribution in [0, 0.1) is 5.92 Å². The van der Waals surface area contributed by atoms with Gasteiger partial charge in [0.2, 0.25) is 0 Å². The van der Waals surface area contributed by atoms with Crippen LogP contribution in [0.2, 0.25) is 0 Å². The minimum Gasteiger partial charge on any atom is -0.313 e. The molecule has 0 bridgehead atoms. The fourth-order valence-corrected chi connectivity index (χ4v) is 4.63. The molecule has 2 aliphatic rings. The monoisotopic (exact) mass is 231 g/mol. The molecule has 1 N–H and O–H groups in total. The Labute approximate surface area is 96.2 Å². The van der Waals surface area contributed by atoms with Crippen LogP contribution in [-0.2, 0) is 0 Å². The molecule has 0 aromatic rings. The highest BCUT2D eigenvalue weighted by Gasteiger charge is 2.22. The van der Waals surface area contributed by atoms with Gasteiger partial charge < -0.3 is 5.32 Å². The standard InChI is InChI=1S/C11H21NS2/c1-9-6-11(8-14-9)12-7-10-2-4-13-5-3-10/h9-12H,2-8H2,1H3. The van der Waals surface area contributed by atoms with Gasteiger partial charge in [-0.2, -0.15) is 23.5 Å². The number of rotatable bonds is 3. The Balaban J connectivity index is 1.61. The van der Waals surface area contributed by atoms with Crippen molar-refractivity contribution in [2.45, 2.75) is 37.5 Å². The highest BCUT2D eigenvalue weighted by Crippen LogP contribution is 2.27. The number of thioether (sulfide) groups is 2. The van der Waals surface area contributed by atoms with Gasteiger partial charge in [-0.3, -0.25) is 0 Å². The first kappa shape index (κ1) is 11.2. The number of hydrogen-bond acceptors (Lipinski definition) is 3. The molecule has 2 heterocycles. The summed E-state index contributed by atoms with van der Waals surface area (Å²) in [5.74, 6) is 5.09. The summed E-state index contributed by atoms with van der Waals surface area (Å²) in [7, 11) is 0. The van der Waals surface area contributed by atoms with Gasteiger partial charge in [0.15, 0.2) is 0 Å². The van der Waals surface area contributed by atoms with Gasteiger partial charge in [0.05, 0.1) is 0 Å². The second-order valence-corrected chi connectivity index (χ2v) is 7.24. The van der Waals surface area contributed by atoms with Crippen LogP contribution in [0.1, 0.15) is 26.2 Å². The van der Waals surface area contributed by atoms with E-state index >= 15 is 0 Å². The molecular weight excluding hydrogens is 210 g/mol. The summed E-state index contributed by atoms with van der Waals surface area (Å²) in [4.78, 5) is 0. The summed E-state index contributed by atoms with van der Waals surface area (Å²) in [6.45, 7) is 3.63. The lowest BCUT2D eigenvalue weighted by molar-refractivity contribution is 0.414. The molecule has 14 heavy (non-hydrogen) atoms. The molecule has 2 fully saturated rings. The van der Waals surface area contributed by atoms with E-state index in [1.54, 1.807) is 0 Å². The third kappa shape index (κ3) is 3.35. The minimum absolute atomic E-state index is 0.810. The van der Waals surface area contributed by atoms with Crippen molar-refractivity contribution in [3.8, 4) is 0 Å². The van der Waals surface area contributed by atoms with Crippen LogP contribution in [0.5, 0.6) is 0 Å². The van der Waals surface area contributed by atoms with Crippen molar-refractivity contribution in [3.63, 3.8) is 0 Å². The Morgan fingerprint density at radius 1 is 1.29 bits per heavy atom. The lowest BCUT2D eigenvalue weighted by Crippen LogP contribution is -2.34. The van der Waals surface area contributed by atoms with Gasteiger partial charge in [-0.25, -0.2) is 0 Å². The highest BCUT2D eigenvalue weighted by molar-refractivity contribution is 8.00. The van der Waals surface area contributed by atoms with Crippen molar-refractivity contribution >= 4 is 23.5 Å². The number of nitrogens with one attached hydrogen (secondary N) is 1. The third-order valence-electron chi connectivity index (χ3n) is 3.23. The van der Waals surface area contributed by atoms with E-state index in [2.05, 4.69) is 35.8 Å². The Kier molecular flexibility index (Phi) is 4.51. The van der Waals surface area contributed by atoms with Crippen LogP contribution >= 0.6 is 23.5 Å². The van der Waals surface area contributed by atoms with E-state index in [-0.39, 0.29) is 0 Å². The summed E-state index contributed by atoms with van der Waals surface area (Å²) in [5.41, 5.74) is 0. The summed E-state index contributed by atoms with van der Waals surface area (Å²) in [5, 5.41) is 4.64. The Bertz CT molecular complexity index is 164. The first-order valence-electron chi connectivity index (χ1n) is 5.77. The second kappa shape index (κ2) is 5.66. The average molecular weight is 231 g/mol. The summed E-state index contributed by atoms with van der Waals surface area (Å²) in [6, 6.07) is 0.810. The minimum atomic E-state index is 0.810. The SMILES string of the molecule is CC1CC(NCC2CCSCC2)CS1. The highest BCUT2D eigenvalue weighted by atomic mass is 32.2. The smallest absolute Gasteiger partial charge is 0.0168 e. The number of hydrogen-bond donors (Lipinski definition) is 1. The van der Waals surface area contributed by atoms with Crippen LogP contribution in [-0.4, -0.2) is 35.1 Å². The molecule has 0 aromatic heterocycles. The molecule has 2 unspecified atom stereocenters. The Morgan fingerprint density at radius 2 is 2.07 bits per heavy atom. The zero-order valence-electron chi connectivity index (χ0n) is 9.00. The predicted octanol–water partition coefficient (Wildman–Crippen LogP) is 2.61. The Hall–Kier alpha value is 0.660. The van der Waals surface area contributed by atoms with Crippen molar-refractivity contribution in [3.05, 3.63) is 0 Å². The van der Waals surface area contributed by atoms with E-state index in [4.69, 9.17) is 0 Å². The van der Waals surface area contributed by atoms with Crippen LogP contribution < -0.4 is 5.32 Å². The van der Waals surface area contributed by atoms with Crippen LogP contribution in [0.25, 0.3) is 0 Å². The Morgan fingerprint density at radius 3 is 2.71 bits per heavy atom. The van der Waals surface area contributed by atoms with Crippen LogP contribution in [0.4, 0.5) is 0 Å². The van der Waals surface area contributed by atoms with E-state index in [9.17, 15) is 0 Å². The van der Waals surface area contributed by atoms with E-state index in [1.165, 1.54) is 43.1 Å². The van der Waals surface area contributed by atoms with Gasteiger partial charge in [-0.1, -0.05) is 6.92 Å². The lowest BCUT2D eigenvalue weighted by atomic mass is 10.0. The predicted molar refractivity (Wildman–Crippen MR) is 68.4 cm³/mol. The molecule has 82 valence electrons. The molecule has 3 heteroatoms. The molecular formula is C11H21NS2. The normalized spacial score (nSPS) is 34.9. The van der Waals surface area contributed by atoms with Crippen LogP contribution in [0.3, 0.4) is 0 Å². The zero-order valence-corrected chi connectivity index (χ0v) is 10.6. The first-order valence-corrected chi connectivity index (χ1v) is 7.97. The van der Waals surface area contributed by atoms with E-state index in [0.717, 1.165) is 17.2 Å². The molecule has 0 spiro atoms. The molecule has 2 atom stereocenters. The van der Waals surface area contributed by atoms with Crippen molar-refractivity contribution in [2.75, 3.05) is 23.8 Å². The largest absolute Gasteiger partial charge is 0.313 e. The first-order chi connectivity index (χ1) is 6.84. The van der Waals surface area contributed by atoms with E-state index < -0.39 is 0 Å². The fourth-order valence-electron chi connectivity index (χ4n) is 2.24. The molecule has 0 aliphatic carbocycles. The van der Waals surface area contributed by atoms with Gasteiger partial charge in [0, 0.05) is 17.0 Å². The van der Waals surface area contributed by atoms with Crippen molar-refractivity contribution in [2.24, 2.45) is 5.92 Å².